The molecule has 0 aliphatic rings. The molecule has 10 rings (SSSR count). The number of hydrogen-bond donors (Lipinski definition) is 0. The molecule has 0 fully saturated rings. The Labute approximate surface area is 295 Å². The van der Waals surface area contributed by atoms with Crippen molar-refractivity contribution < 1.29 is 4.42 Å². The van der Waals surface area contributed by atoms with Crippen molar-refractivity contribution in [1.82, 2.24) is 0 Å². The zero-order valence-electron chi connectivity index (χ0n) is 27.8. The van der Waals surface area contributed by atoms with Gasteiger partial charge in [-0.25, -0.2) is 0 Å². The number of furan rings is 1. The Bertz CT molecular complexity index is 2840. The van der Waals surface area contributed by atoms with Crippen LogP contribution in [0.2, 0.25) is 0 Å². The third-order valence-electron chi connectivity index (χ3n) is 9.95. The van der Waals surface area contributed by atoms with Crippen molar-refractivity contribution >= 4 is 88.4 Å². The number of rotatable bonds is 6. The van der Waals surface area contributed by atoms with E-state index >= 15 is 0 Å². The summed E-state index contributed by atoms with van der Waals surface area (Å²) in [5.41, 5.74) is 8.08. The van der Waals surface area contributed by atoms with E-state index in [0.29, 0.717) is 0 Å². The predicted octanol–water partition coefficient (Wildman–Crippen LogP) is 14.0. The highest BCUT2D eigenvalue weighted by Gasteiger charge is 2.25. The average molecular weight is 653 g/mol. The lowest BCUT2D eigenvalue weighted by Gasteiger charge is -2.30. The molecule has 1 aromatic heterocycles. The molecule has 0 saturated heterocycles. The average Bonchev–Trinajstić information content (AvgIpc) is 3.57. The van der Waals surface area contributed by atoms with E-state index in [1.807, 2.05) is 6.07 Å². The number of benzene rings is 9. The molecule has 0 atom stereocenters. The lowest BCUT2D eigenvalue weighted by Crippen LogP contribution is -2.13. The van der Waals surface area contributed by atoms with Crippen molar-refractivity contribution in [2.45, 2.75) is 0 Å². The monoisotopic (exact) mass is 652 g/mol. The third-order valence-corrected chi connectivity index (χ3v) is 9.95. The molecule has 240 valence electrons. The summed E-state index contributed by atoms with van der Waals surface area (Å²) in [6.45, 7) is 0. The van der Waals surface area contributed by atoms with Crippen LogP contribution in [-0.4, -0.2) is 0 Å². The Morgan fingerprint density at radius 2 is 0.863 bits per heavy atom. The quantitative estimate of drug-likeness (QED) is 0.167. The van der Waals surface area contributed by atoms with Crippen LogP contribution >= 0.6 is 0 Å². The fourth-order valence-corrected chi connectivity index (χ4v) is 7.63. The summed E-state index contributed by atoms with van der Waals surface area (Å²) in [5.74, 6) is 0. The molecule has 0 radical (unpaired) electrons. The van der Waals surface area contributed by atoms with Crippen LogP contribution in [0.4, 0.5) is 34.1 Å². The second kappa shape index (κ2) is 11.9. The first kappa shape index (κ1) is 29.1. The number of hydrogen-bond acceptors (Lipinski definition) is 3. The smallest absolute Gasteiger partial charge is 0.160 e. The summed E-state index contributed by atoms with van der Waals surface area (Å²) in [7, 11) is 0. The van der Waals surface area contributed by atoms with Crippen LogP contribution in [0, 0.1) is 0 Å². The molecule has 0 bridgehead atoms. The van der Waals surface area contributed by atoms with Crippen molar-refractivity contribution in [2.24, 2.45) is 0 Å². The number of anilines is 6. The molecule has 0 aliphatic carbocycles. The van der Waals surface area contributed by atoms with Gasteiger partial charge in [0.1, 0.15) is 5.58 Å². The van der Waals surface area contributed by atoms with Gasteiger partial charge in [0.05, 0.1) is 5.69 Å². The maximum absolute atomic E-state index is 6.88. The lowest BCUT2D eigenvalue weighted by atomic mass is 9.97. The van der Waals surface area contributed by atoms with Gasteiger partial charge in [0.25, 0.3) is 0 Å². The molecule has 1 heterocycles. The molecule has 0 unspecified atom stereocenters. The standard InChI is InChI=1S/C48H32N2O/c1-3-17-36(18-4-1)49(37-19-5-2-6-20-37)38-21-13-22-39(31-38)50(40-28-26-33-14-7-8-16-35(33)30-40)47-43-29-27-34-15-9-10-23-41(34)44(43)32-45-42-24-11-12-25-46(42)51-48(45)47/h1-32H. The fourth-order valence-electron chi connectivity index (χ4n) is 7.63. The Morgan fingerprint density at radius 1 is 0.294 bits per heavy atom. The highest BCUT2D eigenvalue weighted by Crippen LogP contribution is 2.49. The molecule has 0 aliphatic heterocycles. The van der Waals surface area contributed by atoms with Crippen LogP contribution in [0.3, 0.4) is 0 Å². The molecule has 0 N–H and O–H groups in total. The molecule has 3 nitrogen and oxygen atoms in total. The van der Waals surface area contributed by atoms with Crippen LogP contribution < -0.4 is 9.80 Å². The topological polar surface area (TPSA) is 19.6 Å². The molecule has 0 amide bonds. The van der Waals surface area contributed by atoms with Crippen molar-refractivity contribution in [3.8, 4) is 0 Å². The molecule has 51 heavy (non-hydrogen) atoms. The van der Waals surface area contributed by atoms with Gasteiger partial charge in [0.15, 0.2) is 5.58 Å². The number of nitrogens with zero attached hydrogens (tertiary/aromatic N) is 2. The maximum Gasteiger partial charge on any atom is 0.160 e. The van der Waals surface area contributed by atoms with E-state index in [4.69, 9.17) is 4.42 Å². The summed E-state index contributed by atoms with van der Waals surface area (Å²) in [4.78, 5) is 4.71. The van der Waals surface area contributed by atoms with E-state index in [1.54, 1.807) is 0 Å². The van der Waals surface area contributed by atoms with E-state index < -0.39 is 0 Å². The van der Waals surface area contributed by atoms with Gasteiger partial charge in [0, 0.05) is 44.6 Å². The van der Waals surface area contributed by atoms with E-state index in [-0.39, 0.29) is 0 Å². The SMILES string of the molecule is c1ccc(N(c2ccccc2)c2cccc(N(c3ccc4ccccc4c3)c3c4ccc5ccccc5c4cc4c3oc3ccccc34)c2)cc1. The Morgan fingerprint density at radius 3 is 1.63 bits per heavy atom. The summed E-state index contributed by atoms with van der Waals surface area (Å²) >= 11 is 0. The van der Waals surface area contributed by atoms with Gasteiger partial charge >= 0.3 is 0 Å². The lowest BCUT2D eigenvalue weighted by molar-refractivity contribution is 0.669. The van der Waals surface area contributed by atoms with Crippen LogP contribution in [0.1, 0.15) is 0 Å². The Kier molecular flexibility index (Phi) is 6.81. The fraction of sp³-hybridized carbons (Fsp3) is 0. The van der Waals surface area contributed by atoms with Gasteiger partial charge in [-0.1, -0.05) is 127 Å². The van der Waals surface area contributed by atoms with Crippen molar-refractivity contribution in [3.05, 3.63) is 194 Å². The molecule has 0 spiro atoms. The minimum absolute atomic E-state index is 0.862. The van der Waals surface area contributed by atoms with Crippen molar-refractivity contribution in [1.29, 1.82) is 0 Å². The molecule has 3 heteroatoms. The molecular weight excluding hydrogens is 621 g/mol. The van der Waals surface area contributed by atoms with Gasteiger partial charge in [-0.3, -0.25) is 0 Å². The van der Waals surface area contributed by atoms with Gasteiger partial charge in [-0.15, -0.1) is 0 Å². The zero-order chi connectivity index (χ0) is 33.7. The molecular formula is C48H32N2O. The minimum atomic E-state index is 0.862. The highest BCUT2D eigenvalue weighted by molar-refractivity contribution is 6.24. The van der Waals surface area contributed by atoms with Crippen LogP contribution in [0.15, 0.2) is 199 Å². The second-order valence-electron chi connectivity index (χ2n) is 13.0. The van der Waals surface area contributed by atoms with E-state index in [1.165, 1.54) is 26.9 Å². The number of fused-ring (bicyclic) bond motifs is 7. The maximum atomic E-state index is 6.88. The Balaban J connectivity index is 1.31. The normalized spacial score (nSPS) is 11.5. The first-order valence-electron chi connectivity index (χ1n) is 17.4. The van der Waals surface area contributed by atoms with Crippen molar-refractivity contribution in [3.63, 3.8) is 0 Å². The predicted molar refractivity (Wildman–Crippen MR) is 216 cm³/mol. The van der Waals surface area contributed by atoms with Gasteiger partial charge in [-0.05, 0) is 93.7 Å². The largest absolute Gasteiger partial charge is 0.454 e. The second-order valence-corrected chi connectivity index (χ2v) is 13.0. The van der Waals surface area contributed by atoms with E-state index in [2.05, 4.69) is 198 Å². The van der Waals surface area contributed by atoms with E-state index in [0.717, 1.165) is 61.4 Å². The Hall–Kier alpha value is -6.84. The van der Waals surface area contributed by atoms with Crippen LogP contribution in [-0.2, 0) is 0 Å². The zero-order valence-corrected chi connectivity index (χ0v) is 27.8. The molecule has 0 saturated carbocycles. The van der Waals surface area contributed by atoms with Crippen LogP contribution in [0.5, 0.6) is 0 Å². The molecule has 9 aromatic carbocycles. The summed E-state index contributed by atoms with van der Waals surface area (Å²) in [5, 5.41) is 9.33. The van der Waals surface area contributed by atoms with Gasteiger partial charge < -0.3 is 14.2 Å². The highest BCUT2D eigenvalue weighted by atomic mass is 16.3. The summed E-state index contributed by atoms with van der Waals surface area (Å²) in [6, 6.07) is 69.2. The van der Waals surface area contributed by atoms with Gasteiger partial charge in [-0.2, -0.15) is 0 Å². The summed E-state index contributed by atoms with van der Waals surface area (Å²) in [6.07, 6.45) is 0. The minimum Gasteiger partial charge on any atom is -0.454 e. The first-order chi connectivity index (χ1) is 25.3. The first-order valence-corrected chi connectivity index (χ1v) is 17.4. The number of para-hydroxylation sites is 3. The van der Waals surface area contributed by atoms with E-state index in [9.17, 15) is 0 Å². The van der Waals surface area contributed by atoms with Gasteiger partial charge in [0.2, 0.25) is 0 Å². The third kappa shape index (κ3) is 4.90. The summed E-state index contributed by atoms with van der Waals surface area (Å²) < 4.78 is 6.88. The molecule has 10 aromatic rings. The van der Waals surface area contributed by atoms with Crippen LogP contribution in [0.25, 0.3) is 54.3 Å². The van der Waals surface area contributed by atoms with Crippen molar-refractivity contribution in [2.75, 3.05) is 9.80 Å².